The summed E-state index contributed by atoms with van der Waals surface area (Å²) >= 11 is 5.91. The number of halogens is 1. The van der Waals surface area contributed by atoms with E-state index < -0.39 is 0 Å². The lowest BCUT2D eigenvalue weighted by Gasteiger charge is -2.13. The minimum Gasteiger partial charge on any atom is -0.489 e. The summed E-state index contributed by atoms with van der Waals surface area (Å²) in [5.41, 5.74) is 3.77. The summed E-state index contributed by atoms with van der Waals surface area (Å²) in [7, 11) is 0. The number of carbonyl (C=O) groups excluding carboxylic acids is 1. The molecular weight excluding hydrogens is 414 g/mol. The number of nitrogens with zero attached hydrogens (tertiary/aromatic N) is 4. The molecule has 1 aliphatic heterocycles. The molecular formula is C23H18ClN5O2. The average molecular weight is 432 g/mol. The van der Waals surface area contributed by atoms with Crippen LogP contribution in [0.5, 0.6) is 5.75 Å². The molecule has 2 aromatic carbocycles. The van der Waals surface area contributed by atoms with Gasteiger partial charge in [-0.25, -0.2) is 9.97 Å². The lowest BCUT2D eigenvalue weighted by atomic mass is 10.2. The second-order valence-electron chi connectivity index (χ2n) is 7.10. The number of ether oxygens (including phenoxy) is 1. The number of hydrogen-bond acceptors (Lipinski definition) is 5. The van der Waals surface area contributed by atoms with Gasteiger partial charge in [-0.3, -0.25) is 9.48 Å². The van der Waals surface area contributed by atoms with E-state index in [0.29, 0.717) is 47.6 Å². The van der Waals surface area contributed by atoms with Gasteiger partial charge in [-0.1, -0.05) is 23.7 Å². The Balaban J connectivity index is 1.33. The highest BCUT2D eigenvalue weighted by atomic mass is 35.5. The number of carbonyl (C=O) groups is 1. The second-order valence-corrected chi connectivity index (χ2v) is 7.54. The first-order valence-corrected chi connectivity index (χ1v) is 10.2. The summed E-state index contributed by atoms with van der Waals surface area (Å²) in [6.45, 7) is 1.69. The van der Waals surface area contributed by atoms with Crippen molar-refractivity contribution in [2.24, 2.45) is 0 Å². The summed E-state index contributed by atoms with van der Waals surface area (Å²) in [5.74, 6) is 1.22. The van der Waals surface area contributed by atoms with Gasteiger partial charge in [-0.15, -0.1) is 0 Å². The predicted octanol–water partition coefficient (Wildman–Crippen LogP) is 3.98. The van der Waals surface area contributed by atoms with E-state index in [2.05, 4.69) is 20.4 Å². The van der Waals surface area contributed by atoms with Gasteiger partial charge in [0.15, 0.2) is 5.82 Å². The largest absolute Gasteiger partial charge is 0.489 e. The Morgan fingerprint density at radius 2 is 1.84 bits per heavy atom. The lowest BCUT2D eigenvalue weighted by molar-refractivity contribution is 0.0924. The van der Waals surface area contributed by atoms with Crippen LogP contribution in [0.25, 0.3) is 22.8 Å². The van der Waals surface area contributed by atoms with Crippen molar-refractivity contribution in [2.75, 3.05) is 6.54 Å². The minimum atomic E-state index is -0.117. The van der Waals surface area contributed by atoms with Crippen molar-refractivity contribution in [1.29, 1.82) is 0 Å². The van der Waals surface area contributed by atoms with E-state index in [0.717, 1.165) is 16.9 Å². The Bertz CT molecular complexity index is 1240. The zero-order valence-corrected chi connectivity index (χ0v) is 17.2. The molecule has 2 aromatic heterocycles. The Morgan fingerprint density at radius 1 is 1.03 bits per heavy atom. The molecule has 5 rings (SSSR count). The van der Waals surface area contributed by atoms with Gasteiger partial charge >= 0.3 is 0 Å². The van der Waals surface area contributed by atoms with Gasteiger partial charge < -0.3 is 10.1 Å². The molecule has 0 spiro atoms. The van der Waals surface area contributed by atoms with Crippen LogP contribution in [-0.2, 0) is 13.2 Å². The van der Waals surface area contributed by atoms with Gasteiger partial charge in [0.05, 0.1) is 12.2 Å². The number of fused-ring (bicyclic) bond motifs is 1. The number of benzene rings is 2. The fraction of sp³-hybridized carbons (Fsp3) is 0.130. The highest BCUT2D eigenvalue weighted by Gasteiger charge is 2.20. The Hall–Kier alpha value is -3.71. The molecule has 0 atom stereocenters. The van der Waals surface area contributed by atoms with Crippen LogP contribution in [0.2, 0.25) is 5.02 Å². The topological polar surface area (TPSA) is 81.9 Å². The van der Waals surface area contributed by atoms with E-state index >= 15 is 0 Å². The third-order valence-electron chi connectivity index (χ3n) is 4.97. The summed E-state index contributed by atoms with van der Waals surface area (Å²) in [4.78, 5) is 21.0. The van der Waals surface area contributed by atoms with E-state index in [4.69, 9.17) is 16.3 Å². The van der Waals surface area contributed by atoms with Crippen LogP contribution >= 0.6 is 11.6 Å². The molecule has 1 aliphatic rings. The molecule has 1 N–H and O–H groups in total. The van der Waals surface area contributed by atoms with Gasteiger partial charge in [0.2, 0.25) is 0 Å². The highest BCUT2D eigenvalue weighted by molar-refractivity contribution is 6.30. The first kappa shape index (κ1) is 19.3. The van der Waals surface area contributed by atoms with E-state index in [1.165, 1.54) is 0 Å². The van der Waals surface area contributed by atoms with Crippen molar-refractivity contribution in [2.45, 2.75) is 13.2 Å². The molecule has 0 saturated heterocycles. The highest BCUT2D eigenvalue weighted by Crippen LogP contribution is 2.24. The quantitative estimate of drug-likeness (QED) is 0.516. The molecule has 1 amide bonds. The number of hydrogen-bond donors (Lipinski definition) is 1. The predicted molar refractivity (Wildman–Crippen MR) is 117 cm³/mol. The smallest absolute Gasteiger partial charge is 0.269 e. The maximum Gasteiger partial charge on any atom is 0.269 e. The number of amides is 1. The molecule has 0 aliphatic carbocycles. The normalized spacial score (nSPS) is 12.9. The summed E-state index contributed by atoms with van der Waals surface area (Å²) in [5, 5.41) is 8.04. The molecule has 0 bridgehead atoms. The summed E-state index contributed by atoms with van der Waals surface area (Å²) in [6, 6.07) is 18.7. The zero-order chi connectivity index (χ0) is 21.2. The standard InChI is InChI=1S/C23H18ClN5O2/c24-17-5-1-15(2-6-17)14-31-18-7-3-16(4-8-18)22-25-10-9-19(27-22)20-13-21-23(30)26-11-12-29(21)28-20/h1-10,13H,11-12,14H2,(H,26,30). The van der Waals surface area contributed by atoms with Gasteiger partial charge in [0, 0.05) is 23.3 Å². The van der Waals surface area contributed by atoms with Crippen LogP contribution < -0.4 is 10.1 Å². The fourth-order valence-corrected chi connectivity index (χ4v) is 3.48. The van der Waals surface area contributed by atoms with Crippen LogP contribution in [-0.4, -0.2) is 32.2 Å². The molecule has 3 heterocycles. The molecule has 7 nitrogen and oxygen atoms in total. The molecule has 31 heavy (non-hydrogen) atoms. The van der Waals surface area contributed by atoms with Gasteiger partial charge in [0.1, 0.15) is 23.7 Å². The minimum absolute atomic E-state index is 0.117. The Morgan fingerprint density at radius 3 is 2.61 bits per heavy atom. The van der Waals surface area contributed by atoms with Crippen molar-refractivity contribution in [3.8, 4) is 28.5 Å². The Labute approximate surface area is 183 Å². The monoisotopic (exact) mass is 431 g/mol. The van der Waals surface area contributed by atoms with Crippen molar-refractivity contribution in [1.82, 2.24) is 25.1 Å². The Kier molecular flexibility index (Phi) is 5.09. The van der Waals surface area contributed by atoms with Crippen LogP contribution in [0.4, 0.5) is 0 Å². The second kappa shape index (κ2) is 8.20. The molecule has 0 fully saturated rings. The van der Waals surface area contributed by atoms with E-state index in [1.54, 1.807) is 23.0 Å². The van der Waals surface area contributed by atoms with Crippen molar-refractivity contribution < 1.29 is 9.53 Å². The van der Waals surface area contributed by atoms with E-state index in [-0.39, 0.29) is 5.91 Å². The van der Waals surface area contributed by atoms with Crippen LogP contribution in [0, 0.1) is 0 Å². The van der Waals surface area contributed by atoms with Gasteiger partial charge in [-0.05, 0) is 54.1 Å². The molecule has 0 unspecified atom stereocenters. The van der Waals surface area contributed by atoms with Gasteiger partial charge in [-0.2, -0.15) is 5.10 Å². The van der Waals surface area contributed by atoms with Gasteiger partial charge in [0.25, 0.3) is 5.91 Å². The van der Waals surface area contributed by atoms with Crippen LogP contribution in [0.15, 0.2) is 66.9 Å². The third kappa shape index (κ3) is 4.13. The molecule has 154 valence electrons. The fourth-order valence-electron chi connectivity index (χ4n) is 3.35. The maximum atomic E-state index is 12.0. The number of aromatic nitrogens is 4. The molecule has 8 heteroatoms. The van der Waals surface area contributed by atoms with Crippen molar-refractivity contribution in [3.05, 3.63) is 83.1 Å². The SMILES string of the molecule is O=C1NCCn2nc(-c3ccnc(-c4ccc(OCc5ccc(Cl)cc5)cc4)n3)cc21. The van der Waals surface area contributed by atoms with Crippen molar-refractivity contribution in [3.63, 3.8) is 0 Å². The number of rotatable bonds is 5. The maximum absolute atomic E-state index is 12.0. The molecule has 0 saturated carbocycles. The first-order valence-electron chi connectivity index (χ1n) is 9.83. The number of nitrogens with one attached hydrogen (secondary N) is 1. The molecule has 0 radical (unpaired) electrons. The lowest BCUT2D eigenvalue weighted by Crippen LogP contribution is -2.35. The van der Waals surface area contributed by atoms with Crippen LogP contribution in [0.1, 0.15) is 16.1 Å². The summed E-state index contributed by atoms with van der Waals surface area (Å²) in [6.07, 6.45) is 1.70. The third-order valence-corrected chi connectivity index (χ3v) is 5.22. The first-order chi connectivity index (χ1) is 15.2. The van der Waals surface area contributed by atoms with Crippen LogP contribution in [0.3, 0.4) is 0 Å². The zero-order valence-electron chi connectivity index (χ0n) is 16.5. The molecule has 4 aromatic rings. The average Bonchev–Trinajstić information content (AvgIpc) is 3.25. The van der Waals surface area contributed by atoms with E-state index in [9.17, 15) is 4.79 Å². The van der Waals surface area contributed by atoms with E-state index in [1.807, 2.05) is 48.5 Å². The van der Waals surface area contributed by atoms with Crippen molar-refractivity contribution >= 4 is 17.5 Å². The summed E-state index contributed by atoms with van der Waals surface area (Å²) < 4.78 is 7.55.